The minimum atomic E-state index is -2.56. The highest BCUT2D eigenvalue weighted by molar-refractivity contribution is 6.99. The minimum Gasteiger partial charge on any atom is -0.444 e. The van der Waals surface area contributed by atoms with E-state index in [1.165, 1.54) is 10.4 Å². The van der Waals surface area contributed by atoms with Crippen molar-refractivity contribution in [2.24, 2.45) is 5.92 Å². The molecule has 2 aromatic rings. The van der Waals surface area contributed by atoms with Gasteiger partial charge >= 0.3 is 6.09 Å². The second-order valence-corrected chi connectivity index (χ2v) is 15.7. The molecule has 3 atom stereocenters. The first-order valence-corrected chi connectivity index (χ1v) is 14.1. The van der Waals surface area contributed by atoms with Crippen molar-refractivity contribution in [2.45, 2.75) is 90.5 Å². The lowest BCUT2D eigenvalue weighted by molar-refractivity contribution is 0.0418. The first-order chi connectivity index (χ1) is 15.4. The zero-order chi connectivity index (χ0) is 24.3. The third kappa shape index (κ3) is 6.07. The molecule has 3 rings (SSSR count). The fourth-order valence-corrected chi connectivity index (χ4v) is 9.80. The van der Waals surface area contributed by atoms with Crippen molar-refractivity contribution in [1.82, 2.24) is 5.32 Å². The van der Waals surface area contributed by atoms with Crippen LogP contribution in [0.5, 0.6) is 0 Å². The van der Waals surface area contributed by atoms with Gasteiger partial charge in [0.05, 0.1) is 0 Å². The Morgan fingerprint density at radius 2 is 1.39 bits per heavy atom. The number of benzene rings is 2. The van der Waals surface area contributed by atoms with Crippen LogP contribution in [-0.2, 0) is 9.16 Å². The van der Waals surface area contributed by atoms with Crippen molar-refractivity contribution in [1.29, 1.82) is 0 Å². The van der Waals surface area contributed by atoms with E-state index in [0.29, 0.717) is 5.92 Å². The highest BCUT2D eigenvalue weighted by Crippen LogP contribution is 2.40. The molecule has 1 unspecified atom stereocenters. The van der Waals surface area contributed by atoms with Gasteiger partial charge in [0.15, 0.2) is 0 Å². The van der Waals surface area contributed by atoms with Crippen molar-refractivity contribution in [2.75, 3.05) is 0 Å². The van der Waals surface area contributed by atoms with Crippen LogP contribution in [0.25, 0.3) is 0 Å². The van der Waals surface area contributed by atoms with E-state index in [-0.39, 0.29) is 23.3 Å². The molecule has 2 aromatic carbocycles. The predicted molar refractivity (Wildman–Crippen MR) is 139 cm³/mol. The van der Waals surface area contributed by atoms with Gasteiger partial charge < -0.3 is 14.5 Å². The molecule has 4 nitrogen and oxygen atoms in total. The van der Waals surface area contributed by atoms with Crippen LogP contribution in [0, 0.1) is 5.92 Å². The smallest absolute Gasteiger partial charge is 0.407 e. The van der Waals surface area contributed by atoms with E-state index in [1.807, 2.05) is 20.8 Å². The fourth-order valence-electron chi connectivity index (χ4n) is 5.07. The Morgan fingerprint density at radius 1 is 0.879 bits per heavy atom. The molecule has 5 heteroatoms. The van der Waals surface area contributed by atoms with Gasteiger partial charge in [-0.15, -0.1) is 0 Å². The number of carbonyl (C=O) groups excluding carboxylic acids is 1. The summed E-state index contributed by atoms with van der Waals surface area (Å²) >= 11 is 0. The lowest BCUT2D eigenvalue weighted by atomic mass is 9.84. The lowest BCUT2D eigenvalue weighted by Crippen LogP contribution is -2.68. The molecule has 1 aliphatic carbocycles. The second kappa shape index (κ2) is 10.0. The zero-order valence-electron chi connectivity index (χ0n) is 21.4. The molecule has 0 saturated heterocycles. The van der Waals surface area contributed by atoms with Gasteiger partial charge in [-0.25, -0.2) is 4.79 Å². The molecule has 0 bridgehead atoms. The van der Waals surface area contributed by atoms with Crippen molar-refractivity contribution in [3.63, 3.8) is 0 Å². The number of ether oxygens (including phenoxy) is 1. The van der Waals surface area contributed by atoms with Crippen LogP contribution in [0.3, 0.4) is 0 Å². The summed E-state index contributed by atoms with van der Waals surface area (Å²) in [5, 5.41) is 5.68. The van der Waals surface area contributed by atoms with Crippen molar-refractivity contribution < 1.29 is 14.0 Å². The van der Waals surface area contributed by atoms with E-state index in [4.69, 9.17) is 9.16 Å². The Bertz CT molecular complexity index is 863. The lowest BCUT2D eigenvalue weighted by Gasteiger charge is -2.47. The molecule has 33 heavy (non-hydrogen) atoms. The summed E-state index contributed by atoms with van der Waals surface area (Å²) in [6, 6.07) is 21.7. The molecule has 0 aromatic heterocycles. The monoisotopic (exact) mass is 467 g/mol. The van der Waals surface area contributed by atoms with Crippen LogP contribution in [0.4, 0.5) is 4.79 Å². The van der Waals surface area contributed by atoms with E-state index < -0.39 is 13.9 Å². The summed E-state index contributed by atoms with van der Waals surface area (Å²) in [7, 11) is -2.56. The number of nitrogens with one attached hydrogen (secondary N) is 1. The molecule has 180 valence electrons. The fraction of sp³-hybridized carbons (Fsp3) is 0.536. The van der Waals surface area contributed by atoms with E-state index in [9.17, 15) is 4.79 Å². The maximum absolute atomic E-state index is 12.3. The summed E-state index contributed by atoms with van der Waals surface area (Å²) in [4.78, 5) is 12.3. The molecule has 0 heterocycles. The molecular weight excluding hydrogens is 426 g/mol. The molecule has 1 amide bonds. The largest absolute Gasteiger partial charge is 0.444 e. The number of rotatable bonds is 5. The highest BCUT2D eigenvalue weighted by Gasteiger charge is 2.52. The van der Waals surface area contributed by atoms with Gasteiger partial charge in [-0.2, -0.15) is 0 Å². The van der Waals surface area contributed by atoms with Gasteiger partial charge in [0.1, 0.15) is 5.60 Å². The maximum Gasteiger partial charge on any atom is 0.407 e. The van der Waals surface area contributed by atoms with Gasteiger partial charge in [0.2, 0.25) is 0 Å². The Balaban J connectivity index is 1.85. The average Bonchev–Trinajstić information content (AvgIpc) is 2.73. The first kappa shape index (κ1) is 25.5. The second-order valence-electron chi connectivity index (χ2n) is 11.4. The summed E-state index contributed by atoms with van der Waals surface area (Å²) in [6.07, 6.45) is 2.57. The van der Waals surface area contributed by atoms with Crippen molar-refractivity contribution in [3.8, 4) is 0 Å². The molecule has 1 N–H and O–H groups in total. The van der Waals surface area contributed by atoms with Crippen LogP contribution in [0.1, 0.15) is 67.7 Å². The van der Waals surface area contributed by atoms with Crippen molar-refractivity contribution >= 4 is 24.8 Å². The van der Waals surface area contributed by atoms with E-state index in [2.05, 4.69) is 93.7 Å². The predicted octanol–water partition coefficient (Wildman–Crippen LogP) is 5.64. The first-order valence-electron chi connectivity index (χ1n) is 12.2. The van der Waals surface area contributed by atoms with Crippen LogP contribution in [0.2, 0.25) is 5.04 Å². The maximum atomic E-state index is 12.3. The van der Waals surface area contributed by atoms with Crippen LogP contribution in [0.15, 0.2) is 60.7 Å². The topological polar surface area (TPSA) is 47.6 Å². The van der Waals surface area contributed by atoms with Gasteiger partial charge in [0, 0.05) is 12.1 Å². The van der Waals surface area contributed by atoms with Crippen LogP contribution in [-0.4, -0.2) is 32.2 Å². The SMILES string of the molecule is C[C@@H]1CC(O[Si](c2ccccc2)(c2ccccc2)C(C)(C)C)CC[C@@H]1NC(=O)OC(C)(C)C. The van der Waals surface area contributed by atoms with Crippen LogP contribution >= 0.6 is 0 Å². The molecule has 0 spiro atoms. The Kier molecular flexibility index (Phi) is 7.75. The molecule has 1 saturated carbocycles. The van der Waals surface area contributed by atoms with Gasteiger partial charge in [-0.1, -0.05) is 88.4 Å². The van der Waals surface area contributed by atoms with Gasteiger partial charge in [0.25, 0.3) is 8.32 Å². The Labute approximate surface area is 201 Å². The molecule has 1 aliphatic rings. The van der Waals surface area contributed by atoms with Crippen LogP contribution < -0.4 is 15.7 Å². The minimum absolute atomic E-state index is 0.0371. The number of hydrogen-bond acceptors (Lipinski definition) is 3. The number of alkyl carbamates (subject to hydrolysis) is 1. The molecular formula is C28H41NO3Si. The Morgan fingerprint density at radius 3 is 1.82 bits per heavy atom. The van der Waals surface area contributed by atoms with E-state index >= 15 is 0 Å². The molecule has 0 radical (unpaired) electrons. The normalized spacial score (nSPS) is 22.0. The van der Waals surface area contributed by atoms with Crippen molar-refractivity contribution in [3.05, 3.63) is 60.7 Å². The quantitative estimate of drug-likeness (QED) is 0.579. The highest BCUT2D eigenvalue weighted by atomic mass is 28.4. The number of hydrogen-bond donors (Lipinski definition) is 1. The summed E-state index contributed by atoms with van der Waals surface area (Å²) in [5.41, 5.74) is -0.489. The van der Waals surface area contributed by atoms with E-state index in [0.717, 1.165) is 19.3 Å². The summed E-state index contributed by atoms with van der Waals surface area (Å²) in [5.74, 6) is 0.314. The standard InChI is InChI=1S/C28H41NO3Si/c1-21-20-22(18-19-25(21)29-26(30)31-27(2,3)4)32-33(28(5,6)7,23-14-10-8-11-15-23)24-16-12-9-13-17-24/h8-17,21-22,25H,18-20H2,1-7H3,(H,29,30)/t21-,22?,25+/m1/s1. The summed E-state index contributed by atoms with van der Waals surface area (Å²) in [6.45, 7) is 14.8. The molecule has 1 fully saturated rings. The van der Waals surface area contributed by atoms with Gasteiger partial charge in [-0.3, -0.25) is 0 Å². The third-order valence-corrected chi connectivity index (χ3v) is 11.7. The molecule has 0 aliphatic heterocycles. The third-order valence-electron chi connectivity index (χ3n) is 6.58. The number of carbonyl (C=O) groups is 1. The Hall–Kier alpha value is -2.11. The number of amides is 1. The van der Waals surface area contributed by atoms with Gasteiger partial charge in [-0.05, 0) is 61.4 Å². The average molecular weight is 468 g/mol. The zero-order valence-corrected chi connectivity index (χ0v) is 22.4. The summed E-state index contributed by atoms with van der Waals surface area (Å²) < 4.78 is 12.8. The van der Waals surface area contributed by atoms with E-state index in [1.54, 1.807) is 0 Å².